The number of benzene rings is 1. The van der Waals surface area contributed by atoms with Gasteiger partial charge in [-0.15, -0.1) is 0 Å². The van der Waals surface area contributed by atoms with Gasteiger partial charge in [0, 0.05) is 5.56 Å². The van der Waals surface area contributed by atoms with Crippen molar-refractivity contribution >= 4 is 11.6 Å². The Kier molecular flexibility index (Phi) is 2.89. The molecule has 0 aliphatic heterocycles. The summed E-state index contributed by atoms with van der Waals surface area (Å²) in [5, 5.41) is 10.7. The molecule has 1 aromatic carbocycles. The Balaban J connectivity index is 2.45. The average Bonchev–Trinajstić information content (AvgIpc) is 2.91. The lowest BCUT2D eigenvalue weighted by Crippen LogP contribution is -2.18. The maximum absolute atomic E-state index is 10.1. The number of aliphatic hydroxyl groups is 1. The lowest BCUT2D eigenvalue weighted by Gasteiger charge is -2.23. The quantitative estimate of drug-likeness (QED) is 0.877. The number of aryl methyl sites for hydroxylation is 1. The SMILES string of the molecule is Cc1cc(Cl)c(OC2CC2)c(C(C)(C)O)c1. The van der Waals surface area contributed by atoms with Crippen LogP contribution in [0.15, 0.2) is 12.1 Å². The van der Waals surface area contributed by atoms with Gasteiger partial charge in [-0.05, 0) is 51.3 Å². The normalized spacial score (nSPS) is 16.3. The first-order valence-electron chi connectivity index (χ1n) is 5.57. The van der Waals surface area contributed by atoms with Gasteiger partial charge in [0.2, 0.25) is 0 Å². The predicted molar refractivity (Wildman–Crippen MR) is 65.1 cm³/mol. The minimum Gasteiger partial charge on any atom is -0.488 e. The van der Waals surface area contributed by atoms with Crippen LogP contribution in [0.4, 0.5) is 0 Å². The number of hydrogen-bond donors (Lipinski definition) is 1. The van der Waals surface area contributed by atoms with Gasteiger partial charge < -0.3 is 9.84 Å². The molecule has 1 N–H and O–H groups in total. The lowest BCUT2D eigenvalue weighted by atomic mass is 9.95. The molecule has 1 saturated carbocycles. The number of ether oxygens (including phenoxy) is 1. The Hall–Kier alpha value is -0.730. The first kappa shape index (κ1) is 11.7. The molecule has 1 aromatic rings. The smallest absolute Gasteiger partial charge is 0.144 e. The summed E-state index contributed by atoms with van der Waals surface area (Å²) in [5.74, 6) is 0.641. The third-order valence-corrected chi connectivity index (χ3v) is 2.94. The van der Waals surface area contributed by atoms with E-state index >= 15 is 0 Å². The van der Waals surface area contributed by atoms with Crippen LogP contribution in [0.25, 0.3) is 0 Å². The Morgan fingerprint density at radius 2 is 2.00 bits per heavy atom. The van der Waals surface area contributed by atoms with E-state index in [9.17, 15) is 5.11 Å². The number of rotatable bonds is 3. The van der Waals surface area contributed by atoms with Gasteiger partial charge in [0.05, 0.1) is 16.7 Å². The molecule has 0 bridgehead atoms. The van der Waals surface area contributed by atoms with Crippen molar-refractivity contribution < 1.29 is 9.84 Å². The Morgan fingerprint density at radius 1 is 1.38 bits per heavy atom. The lowest BCUT2D eigenvalue weighted by molar-refractivity contribution is 0.0743. The first-order chi connectivity index (χ1) is 7.38. The summed E-state index contributed by atoms with van der Waals surface area (Å²) >= 11 is 6.18. The fraction of sp³-hybridized carbons (Fsp3) is 0.538. The van der Waals surface area contributed by atoms with E-state index in [1.54, 1.807) is 13.8 Å². The third-order valence-electron chi connectivity index (χ3n) is 2.66. The topological polar surface area (TPSA) is 29.5 Å². The summed E-state index contributed by atoms with van der Waals surface area (Å²) in [6.07, 6.45) is 2.44. The van der Waals surface area contributed by atoms with Crippen LogP contribution in [0.1, 0.15) is 37.8 Å². The zero-order chi connectivity index (χ0) is 11.9. The van der Waals surface area contributed by atoms with Crippen molar-refractivity contribution in [1.82, 2.24) is 0 Å². The van der Waals surface area contributed by atoms with Crippen molar-refractivity contribution in [2.75, 3.05) is 0 Å². The number of hydrogen-bond acceptors (Lipinski definition) is 2. The highest BCUT2D eigenvalue weighted by Crippen LogP contribution is 2.40. The van der Waals surface area contributed by atoms with Crippen molar-refractivity contribution in [1.29, 1.82) is 0 Å². The summed E-state index contributed by atoms with van der Waals surface area (Å²) < 4.78 is 5.78. The monoisotopic (exact) mass is 240 g/mol. The summed E-state index contributed by atoms with van der Waals surface area (Å²) in [6, 6.07) is 3.80. The van der Waals surface area contributed by atoms with Gasteiger partial charge in [-0.25, -0.2) is 0 Å². The maximum Gasteiger partial charge on any atom is 0.144 e. The Morgan fingerprint density at radius 3 is 2.50 bits per heavy atom. The van der Waals surface area contributed by atoms with Gasteiger partial charge in [0.15, 0.2) is 0 Å². The molecule has 2 nitrogen and oxygen atoms in total. The number of halogens is 1. The molecule has 0 aromatic heterocycles. The molecule has 1 fully saturated rings. The second-order valence-corrected chi connectivity index (χ2v) is 5.41. The van der Waals surface area contributed by atoms with Crippen LogP contribution in [0.5, 0.6) is 5.75 Å². The summed E-state index contributed by atoms with van der Waals surface area (Å²) in [4.78, 5) is 0. The van der Waals surface area contributed by atoms with Crippen LogP contribution in [-0.2, 0) is 5.60 Å². The van der Waals surface area contributed by atoms with E-state index in [0.29, 0.717) is 10.8 Å². The molecule has 1 aliphatic carbocycles. The van der Waals surface area contributed by atoms with Crippen LogP contribution in [0, 0.1) is 6.92 Å². The van der Waals surface area contributed by atoms with Crippen molar-refractivity contribution in [3.05, 3.63) is 28.3 Å². The molecule has 2 rings (SSSR count). The van der Waals surface area contributed by atoms with E-state index in [0.717, 1.165) is 24.0 Å². The highest BCUT2D eigenvalue weighted by molar-refractivity contribution is 6.32. The summed E-state index contributed by atoms with van der Waals surface area (Å²) in [6.45, 7) is 5.46. The van der Waals surface area contributed by atoms with Gasteiger partial charge in [-0.3, -0.25) is 0 Å². The molecular weight excluding hydrogens is 224 g/mol. The van der Waals surface area contributed by atoms with E-state index in [2.05, 4.69) is 0 Å². The Bertz CT molecular complexity index is 403. The molecule has 16 heavy (non-hydrogen) atoms. The van der Waals surface area contributed by atoms with E-state index < -0.39 is 5.60 Å². The predicted octanol–water partition coefficient (Wildman–Crippen LogP) is 3.42. The molecule has 0 atom stereocenters. The summed E-state index contributed by atoms with van der Waals surface area (Å²) in [7, 11) is 0. The fourth-order valence-electron chi connectivity index (χ4n) is 1.66. The van der Waals surface area contributed by atoms with Crippen molar-refractivity contribution in [2.24, 2.45) is 0 Å². The second kappa shape index (κ2) is 3.94. The van der Waals surface area contributed by atoms with Crippen molar-refractivity contribution in [3.63, 3.8) is 0 Å². The van der Waals surface area contributed by atoms with Gasteiger partial charge in [0.25, 0.3) is 0 Å². The molecule has 0 amide bonds. The van der Waals surface area contributed by atoms with E-state index in [1.165, 1.54) is 0 Å². The highest BCUT2D eigenvalue weighted by Gasteiger charge is 2.29. The van der Waals surface area contributed by atoms with Gasteiger partial charge in [-0.1, -0.05) is 11.6 Å². The van der Waals surface area contributed by atoms with E-state index in [1.807, 2.05) is 19.1 Å². The Labute approximate surface area is 101 Å². The fourth-order valence-corrected chi connectivity index (χ4v) is 1.97. The molecule has 0 heterocycles. The molecule has 0 unspecified atom stereocenters. The van der Waals surface area contributed by atoms with Crippen LogP contribution >= 0.6 is 11.6 Å². The minimum absolute atomic E-state index is 0.279. The largest absolute Gasteiger partial charge is 0.488 e. The molecule has 0 radical (unpaired) electrons. The van der Waals surface area contributed by atoms with Crippen molar-refractivity contribution in [3.8, 4) is 5.75 Å². The van der Waals surface area contributed by atoms with Gasteiger partial charge >= 0.3 is 0 Å². The highest BCUT2D eigenvalue weighted by atomic mass is 35.5. The average molecular weight is 241 g/mol. The zero-order valence-corrected chi connectivity index (χ0v) is 10.6. The maximum atomic E-state index is 10.1. The molecule has 0 spiro atoms. The molecule has 0 saturated heterocycles. The van der Waals surface area contributed by atoms with Crippen LogP contribution in [0.2, 0.25) is 5.02 Å². The van der Waals surface area contributed by atoms with Crippen LogP contribution in [0.3, 0.4) is 0 Å². The standard InChI is InChI=1S/C13H17ClO2/c1-8-6-10(13(2,3)15)12(11(14)7-8)16-9-4-5-9/h6-7,9,15H,4-5H2,1-3H3. The van der Waals surface area contributed by atoms with Crippen LogP contribution < -0.4 is 4.74 Å². The third kappa shape index (κ3) is 2.50. The van der Waals surface area contributed by atoms with E-state index in [4.69, 9.17) is 16.3 Å². The molecule has 1 aliphatic rings. The first-order valence-corrected chi connectivity index (χ1v) is 5.95. The second-order valence-electron chi connectivity index (χ2n) is 5.00. The molecular formula is C13H17ClO2. The van der Waals surface area contributed by atoms with Gasteiger partial charge in [-0.2, -0.15) is 0 Å². The van der Waals surface area contributed by atoms with Crippen LogP contribution in [-0.4, -0.2) is 11.2 Å². The molecule has 88 valence electrons. The molecule has 3 heteroatoms. The zero-order valence-electron chi connectivity index (χ0n) is 9.88. The summed E-state index contributed by atoms with van der Waals surface area (Å²) in [5.41, 5.74) is 0.870. The van der Waals surface area contributed by atoms with E-state index in [-0.39, 0.29) is 6.10 Å². The van der Waals surface area contributed by atoms with Crippen molar-refractivity contribution in [2.45, 2.75) is 45.3 Å². The van der Waals surface area contributed by atoms with Gasteiger partial charge in [0.1, 0.15) is 5.75 Å². The minimum atomic E-state index is -0.931.